The SMILES string of the molecule is CC1COCCN1CC(O)COc1ccc(Cl)cc1Cl. The fourth-order valence-corrected chi connectivity index (χ4v) is 2.60. The molecule has 1 fully saturated rings. The van der Waals surface area contributed by atoms with Crippen LogP contribution >= 0.6 is 23.2 Å². The van der Waals surface area contributed by atoms with Gasteiger partial charge in [0.1, 0.15) is 18.5 Å². The second kappa shape index (κ2) is 7.48. The van der Waals surface area contributed by atoms with Gasteiger partial charge in [-0.3, -0.25) is 4.90 Å². The fraction of sp³-hybridized carbons (Fsp3) is 0.571. The zero-order chi connectivity index (χ0) is 14.5. The summed E-state index contributed by atoms with van der Waals surface area (Å²) in [4.78, 5) is 2.20. The Labute approximate surface area is 129 Å². The lowest BCUT2D eigenvalue weighted by Crippen LogP contribution is -2.47. The summed E-state index contributed by atoms with van der Waals surface area (Å²) in [5.74, 6) is 0.533. The number of morpholine rings is 1. The van der Waals surface area contributed by atoms with Crippen molar-refractivity contribution in [3.63, 3.8) is 0 Å². The zero-order valence-corrected chi connectivity index (χ0v) is 12.9. The lowest BCUT2D eigenvalue weighted by Gasteiger charge is -2.34. The molecule has 1 aromatic carbocycles. The minimum absolute atomic E-state index is 0.200. The molecule has 0 aliphatic carbocycles. The average Bonchev–Trinajstić information content (AvgIpc) is 2.40. The van der Waals surface area contributed by atoms with Crippen LogP contribution in [-0.2, 0) is 4.74 Å². The number of β-amino-alcohol motifs (C(OH)–C–C–N with tert-alkyl or cyclic N) is 1. The van der Waals surface area contributed by atoms with Crippen molar-refractivity contribution >= 4 is 23.2 Å². The highest BCUT2D eigenvalue weighted by Crippen LogP contribution is 2.27. The van der Waals surface area contributed by atoms with Crippen LogP contribution in [0.15, 0.2) is 18.2 Å². The maximum absolute atomic E-state index is 10.0. The van der Waals surface area contributed by atoms with Crippen LogP contribution in [0.4, 0.5) is 0 Å². The van der Waals surface area contributed by atoms with Crippen molar-refractivity contribution in [2.24, 2.45) is 0 Å². The molecule has 2 rings (SSSR count). The third kappa shape index (κ3) is 4.50. The monoisotopic (exact) mass is 319 g/mol. The van der Waals surface area contributed by atoms with E-state index in [9.17, 15) is 5.11 Å². The van der Waals surface area contributed by atoms with E-state index in [1.165, 1.54) is 0 Å². The first-order valence-corrected chi connectivity index (χ1v) is 7.39. The highest BCUT2D eigenvalue weighted by molar-refractivity contribution is 6.35. The number of hydrogen-bond donors (Lipinski definition) is 1. The van der Waals surface area contributed by atoms with Crippen LogP contribution in [-0.4, -0.2) is 55.1 Å². The Morgan fingerprint density at radius 1 is 1.50 bits per heavy atom. The van der Waals surface area contributed by atoms with Crippen LogP contribution in [0.1, 0.15) is 6.92 Å². The van der Waals surface area contributed by atoms with Crippen LogP contribution in [0.5, 0.6) is 5.75 Å². The van der Waals surface area contributed by atoms with Gasteiger partial charge >= 0.3 is 0 Å². The summed E-state index contributed by atoms with van der Waals surface area (Å²) in [7, 11) is 0. The quantitative estimate of drug-likeness (QED) is 0.905. The topological polar surface area (TPSA) is 41.9 Å². The number of halogens is 2. The van der Waals surface area contributed by atoms with Crippen molar-refractivity contribution in [2.45, 2.75) is 19.1 Å². The molecule has 1 heterocycles. The number of benzene rings is 1. The summed E-state index contributed by atoms with van der Waals surface area (Å²) in [5.41, 5.74) is 0. The molecule has 0 amide bonds. The first kappa shape index (κ1) is 15.9. The third-order valence-electron chi connectivity index (χ3n) is 3.28. The molecule has 112 valence electrons. The molecule has 1 N–H and O–H groups in total. The molecular formula is C14H19Cl2NO3. The molecule has 0 aromatic heterocycles. The molecule has 0 radical (unpaired) electrons. The molecular weight excluding hydrogens is 301 g/mol. The van der Waals surface area contributed by atoms with Crippen molar-refractivity contribution in [2.75, 3.05) is 32.9 Å². The van der Waals surface area contributed by atoms with Crippen molar-refractivity contribution < 1.29 is 14.6 Å². The van der Waals surface area contributed by atoms with E-state index in [0.717, 1.165) is 6.54 Å². The second-order valence-electron chi connectivity index (χ2n) is 4.96. The molecule has 1 saturated heterocycles. The lowest BCUT2D eigenvalue weighted by atomic mass is 10.2. The summed E-state index contributed by atoms with van der Waals surface area (Å²) in [6.07, 6.45) is -0.567. The van der Waals surface area contributed by atoms with Crippen molar-refractivity contribution in [1.29, 1.82) is 0 Å². The minimum atomic E-state index is -0.567. The molecule has 6 heteroatoms. The first-order chi connectivity index (χ1) is 9.56. The zero-order valence-electron chi connectivity index (χ0n) is 11.4. The normalized spacial score (nSPS) is 21.7. The van der Waals surface area contributed by atoms with E-state index in [1.54, 1.807) is 18.2 Å². The average molecular weight is 320 g/mol. The molecule has 0 saturated carbocycles. The summed E-state index contributed by atoms with van der Waals surface area (Å²) in [6, 6.07) is 5.35. The molecule has 20 heavy (non-hydrogen) atoms. The van der Waals surface area contributed by atoms with Gasteiger partial charge in [0.25, 0.3) is 0 Å². The number of aliphatic hydroxyl groups is 1. The lowest BCUT2D eigenvalue weighted by molar-refractivity contribution is -0.0265. The van der Waals surface area contributed by atoms with Crippen LogP contribution in [0, 0.1) is 0 Å². The molecule has 2 unspecified atom stereocenters. The van der Waals surface area contributed by atoms with Gasteiger partial charge in [-0.15, -0.1) is 0 Å². The minimum Gasteiger partial charge on any atom is -0.489 e. The number of aliphatic hydroxyl groups excluding tert-OH is 1. The van der Waals surface area contributed by atoms with Crippen molar-refractivity contribution in [3.8, 4) is 5.75 Å². The van der Waals surface area contributed by atoms with Gasteiger partial charge < -0.3 is 14.6 Å². The van der Waals surface area contributed by atoms with E-state index in [2.05, 4.69) is 11.8 Å². The van der Waals surface area contributed by atoms with E-state index in [4.69, 9.17) is 32.7 Å². The molecule has 0 spiro atoms. The van der Waals surface area contributed by atoms with Crippen LogP contribution in [0.3, 0.4) is 0 Å². The van der Waals surface area contributed by atoms with E-state index in [0.29, 0.717) is 41.6 Å². The Kier molecular flexibility index (Phi) is 5.93. The predicted molar refractivity (Wildman–Crippen MR) is 79.8 cm³/mol. The van der Waals surface area contributed by atoms with Crippen molar-refractivity contribution in [1.82, 2.24) is 4.90 Å². The summed E-state index contributed by atoms with van der Waals surface area (Å²) >= 11 is 11.8. The van der Waals surface area contributed by atoms with Gasteiger partial charge in [-0.1, -0.05) is 23.2 Å². The van der Waals surface area contributed by atoms with Crippen LogP contribution in [0.25, 0.3) is 0 Å². The summed E-state index contributed by atoms with van der Waals surface area (Å²) in [5, 5.41) is 11.1. The van der Waals surface area contributed by atoms with E-state index < -0.39 is 6.10 Å². The molecule has 4 nitrogen and oxygen atoms in total. The Bertz CT molecular complexity index is 444. The molecule has 1 aliphatic rings. The largest absolute Gasteiger partial charge is 0.489 e. The standard InChI is InChI=1S/C14H19Cl2NO3/c1-10-8-19-5-4-17(10)7-12(18)9-20-14-3-2-11(15)6-13(14)16/h2-3,6,10,12,18H,4-5,7-9H2,1H3. The summed E-state index contributed by atoms with van der Waals surface area (Å²) in [6.45, 7) is 5.10. The van der Waals surface area contributed by atoms with E-state index in [-0.39, 0.29) is 6.61 Å². The Hall–Kier alpha value is -0.520. The van der Waals surface area contributed by atoms with Gasteiger partial charge in [0.2, 0.25) is 0 Å². The maximum atomic E-state index is 10.0. The van der Waals surface area contributed by atoms with E-state index >= 15 is 0 Å². The van der Waals surface area contributed by atoms with Gasteiger partial charge in [-0.2, -0.15) is 0 Å². The second-order valence-corrected chi connectivity index (χ2v) is 5.80. The van der Waals surface area contributed by atoms with Gasteiger partial charge in [-0.05, 0) is 25.1 Å². The molecule has 1 aromatic rings. The van der Waals surface area contributed by atoms with Crippen LogP contribution < -0.4 is 4.74 Å². The predicted octanol–water partition coefficient (Wildman–Crippen LogP) is 2.45. The van der Waals surface area contributed by atoms with Gasteiger partial charge in [-0.25, -0.2) is 0 Å². The number of rotatable bonds is 5. The van der Waals surface area contributed by atoms with Gasteiger partial charge in [0.15, 0.2) is 0 Å². The van der Waals surface area contributed by atoms with E-state index in [1.807, 2.05) is 0 Å². The fourth-order valence-electron chi connectivity index (χ4n) is 2.13. The molecule has 0 bridgehead atoms. The number of hydrogen-bond acceptors (Lipinski definition) is 4. The smallest absolute Gasteiger partial charge is 0.138 e. The van der Waals surface area contributed by atoms with Crippen LogP contribution in [0.2, 0.25) is 10.0 Å². The number of ether oxygens (including phenoxy) is 2. The van der Waals surface area contributed by atoms with Gasteiger partial charge in [0, 0.05) is 24.2 Å². The number of nitrogens with zero attached hydrogens (tertiary/aromatic N) is 1. The Balaban J connectivity index is 1.81. The molecule has 2 atom stereocenters. The highest BCUT2D eigenvalue weighted by atomic mass is 35.5. The highest BCUT2D eigenvalue weighted by Gasteiger charge is 2.21. The summed E-state index contributed by atoms with van der Waals surface area (Å²) < 4.78 is 10.9. The maximum Gasteiger partial charge on any atom is 0.138 e. The van der Waals surface area contributed by atoms with Gasteiger partial charge in [0.05, 0.1) is 18.2 Å². The Morgan fingerprint density at radius 3 is 3.00 bits per heavy atom. The molecule has 1 aliphatic heterocycles. The Morgan fingerprint density at radius 2 is 2.30 bits per heavy atom. The van der Waals surface area contributed by atoms with Crippen molar-refractivity contribution in [3.05, 3.63) is 28.2 Å². The third-order valence-corrected chi connectivity index (χ3v) is 3.81. The first-order valence-electron chi connectivity index (χ1n) is 6.64.